The van der Waals surface area contributed by atoms with E-state index in [4.69, 9.17) is 9.98 Å². The van der Waals surface area contributed by atoms with Gasteiger partial charge >= 0.3 is 0 Å². The predicted molar refractivity (Wildman–Crippen MR) is 195 cm³/mol. The first-order chi connectivity index (χ1) is 23.0. The Balaban J connectivity index is 1.18. The minimum Gasteiger partial charge on any atom is -0.333 e. The van der Waals surface area contributed by atoms with E-state index in [1.807, 2.05) is 12.1 Å². The van der Waals surface area contributed by atoms with Crippen molar-refractivity contribution < 1.29 is 0 Å². The number of aliphatic imine (C=N–C) groups is 2. The minimum absolute atomic E-state index is 0.0682. The summed E-state index contributed by atoms with van der Waals surface area (Å²) in [5.74, 6) is 1.65. The molecule has 1 aliphatic carbocycles. The van der Waals surface area contributed by atoms with Gasteiger partial charge in [-0.1, -0.05) is 117 Å². The molecule has 226 valence electrons. The maximum atomic E-state index is 5.19. The molecule has 0 fully saturated rings. The lowest BCUT2D eigenvalue weighted by atomic mass is 9.82. The molecule has 6 aromatic carbocycles. The summed E-state index contributed by atoms with van der Waals surface area (Å²) < 4.78 is 2.41. The lowest BCUT2D eigenvalue weighted by Gasteiger charge is -2.32. The van der Waals surface area contributed by atoms with Gasteiger partial charge in [0.05, 0.1) is 11.0 Å². The summed E-state index contributed by atoms with van der Waals surface area (Å²) in [4.78, 5) is 12.5. The first-order valence-electron chi connectivity index (χ1n) is 16.3. The van der Waals surface area contributed by atoms with Crippen molar-refractivity contribution in [3.63, 3.8) is 0 Å². The van der Waals surface area contributed by atoms with Gasteiger partial charge in [0.1, 0.15) is 12.0 Å². The minimum atomic E-state index is -0.175. The van der Waals surface area contributed by atoms with Crippen LogP contribution < -0.4 is 0 Å². The van der Waals surface area contributed by atoms with Crippen molar-refractivity contribution in [3.8, 4) is 16.8 Å². The van der Waals surface area contributed by atoms with E-state index in [9.17, 15) is 0 Å². The van der Waals surface area contributed by atoms with Gasteiger partial charge in [-0.15, -0.1) is 0 Å². The molecule has 0 spiro atoms. The quantitative estimate of drug-likeness (QED) is 0.196. The van der Waals surface area contributed by atoms with Gasteiger partial charge in [0, 0.05) is 40.0 Å². The molecule has 1 aromatic heterocycles. The van der Waals surface area contributed by atoms with Crippen LogP contribution in [0.3, 0.4) is 0 Å². The first kappa shape index (κ1) is 27.6. The Labute approximate surface area is 275 Å². The van der Waals surface area contributed by atoms with E-state index in [2.05, 4.69) is 164 Å². The SMILES string of the molecule is CN1C(c2ccccc2)=NC(c2ccc(-n3c4ccccc4c4cc5c(cc43)C(C)(C)c3ccccc3-5)cc2)=NC1c1ccccc1. The van der Waals surface area contributed by atoms with Crippen LogP contribution in [-0.2, 0) is 5.41 Å². The molecule has 4 heteroatoms. The Hall–Kier alpha value is -5.74. The Morgan fingerprint density at radius 2 is 1.26 bits per heavy atom. The summed E-state index contributed by atoms with van der Waals surface area (Å²) in [7, 11) is 2.08. The molecule has 0 saturated heterocycles. The number of amidine groups is 2. The molecule has 0 saturated carbocycles. The van der Waals surface area contributed by atoms with Crippen LogP contribution >= 0.6 is 0 Å². The molecule has 1 aliphatic heterocycles. The molecule has 4 nitrogen and oxygen atoms in total. The standard InChI is InChI=1S/C43H34N4/c1-43(2)36-20-12-10-18-32(36)34-26-35-33-19-11-13-21-38(33)47(39(35)27-37(34)43)31-24-22-28(23-25-31)40-44-41(29-14-6-4-7-15-29)46(3)42(45-40)30-16-8-5-9-17-30/h4-27,41H,1-3H3. The van der Waals surface area contributed by atoms with E-state index in [-0.39, 0.29) is 11.6 Å². The van der Waals surface area contributed by atoms with Gasteiger partial charge in [-0.2, -0.15) is 0 Å². The highest BCUT2D eigenvalue weighted by molar-refractivity contribution is 6.14. The summed E-state index contributed by atoms with van der Waals surface area (Å²) in [6.45, 7) is 4.70. The van der Waals surface area contributed by atoms with Gasteiger partial charge in [0.15, 0.2) is 5.84 Å². The van der Waals surface area contributed by atoms with Crippen molar-refractivity contribution in [3.05, 3.63) is 173 Å². The fraction of sp³-hybridized carbons (Fsp3) is 0.116. The van der Waals surface area contributed by atoms with Gasteiger partial charge in [-0.3, -0.25) is 0 Å². The topological polar surface area (TPSA) is 32.9 Å². The molecule has 1 unspecified atom stereocenters. The molecule has 9 rings (SSSR count). The van der Waals surface area contributed by atoms with E-state index in [0.29, 0.717) is 0 Å². The summed E-state index contributed by atoms with van der Waals surface area (Å²) in [6.07, 6.45) is -0.175. The van der Waals surface area contributed by atoms with Crippen LogP contribution in [0.2, 0.25) is 0 Å². The van der Waals surface area contributed by atoms with Crippen molar-refractivity contribution >= 4 is 33.5 Å². The normalized spacial score (nSPS) is 16.6. The maximum absolute atomic E-state index is 5.19. The zero-order valence-electron chi connectivity index (χ0n) is 26.7. The first-order valence-corrected chi connectivity index (χ1v) is 16.3. The Kier molecular flexibility index (Phi) is 6.10. The highest BCUT2D eigenvalue weighted by atomic mass is 15.3. The summed E-state index contributed by atoms with van der Waals surface area (Å²) >= 11 is 0. The number of benzene rings is 6. The molecular weight excluding hydrogens is 573 g/mol. The molecule has 0 radical (unpaired) electrons. The van der Waals surface area contributed by atoms with Crippen molar-refractivity contribution in [2.24, 2.45) is 9.98 Å². The van der Waals surface area contributed by atoms with E-state index >= 15 is 0 Å². The smallest absolute Gasteiger partial charge is 0.159 e. The van der Waals surface area contributed by atoms with Gasteiger partial charge in [0.25, 0.3) is 0 Å². The van der Waals surface area contributed by atoms with Crippen LogP contribution in [0, 0.1) is 0 Å². The number of nitrogens with zero attached hydrogens (tertiary/aromatic N) is 4. The largest absolute Gasteiger partial charge is 0.333 e. The average molecular weight is 607 g/mol. The fourth-order valence-corrected chi connectivity index (χ4v) is 7.64. The number of para-hydroxylation sites is 1. The van der Waals surface area contributed by atoms with E-state index in [1.54, 1.807) is 0 Å². The van der Waals surface area contributed by atoms with Gasteiger partial charge in [-0.05, 0) is 70.3 Å². The van der Waals surface area contributed by atoms with Crippen molar-refractivity contribution in [1.82, 2.24) is 9.47 Å². The third-order valence-corrected chi connectivity index (χ3v) is 10.0. The predicted octanol–water partition coefficient (Wildman–Crippen LogP) is 9.93. The second kappa shape index (κ2) is 10.4. The molecule has 47 heavy (non-hydrogen) atoms. The number of hydrogen-bond acceptors (Lipinski definition) is 3. The zero-order chi connectivity index (χ0) is 31.7. The number of rotatable bonds is 4. The van der Waals surface area contributed by atoms with Gasteiger partial charge in [0.2, 0.25) is 0 Å². The summed E-state index contributed by atoms with van der Waals surface area (Å²) in [5, 5.41) is 2.54. The molecular formula is C43H34N4. The molecule has 2 heterocycles. The van der Waals surface area contributed by atoms with Crippen molar-refractivity contribution in [1.29, 1.82) is 0 Å². The van der Waals surface area contributed by atoms with Crippen LogP contribution in [0.5, 0.6) is 0 Å². The van der Waals surface area contributed by atoms with Crippen LogP contribution in [-0.4, -0.2) is 28.2 Å². The Morgan fingerprint density at radius 3 is 2.04 bits per heavy atom. The number of hydrogen-bond donors (Lipinski definition) is 0. The van der Waals surface area contributed by atoms with Crippen LogP contribution in [0.25, 0.3) is 38.6 Å². The van der Waals surface area contributed by atoms with Gasteiger partial charge < -0.3 is 9.47 Å². The molecule has 7 aromatic rings. The molecule has 0 bridgehead atoms. The Morgan fingerprint density at radius 1 is 0.574 bits per heavy atom. The lowest BCUT2D eigenvalue weighted by Crippen LogP contribution is -2.35. The van der Waals surface area contributed by atoms with Crippen LogP contribution in [0.4, 0.5) is 0 Å². The van der Waals surface area contributed by atoms with Gasteiger partial charge in [-0.25, -0.2) is 9.98 Å². The van der Waals surface area contributed by atoms with E-state index in [0.717, 1.165) is 34.0 Å². The third kappa shape index (κ3) is 4.21. The highest BCUT2D eigenvalue weighted by Crippen LogP contribution is 2.50. The fourth-order valence-electron chi connectivity index (χ4n) is 7.64. The zero-order valence-corrected chi connectivity index (χ0v) is 26.7. The van der Waals surface area contributed by atoms with E-state index < -0.39 is 0 Å². The molecule has 1 atom stereocenters. The number of aromatic nitrogens is 1. The van der Waals surface area contributed by atoms with E-state index in [1.165, 1.54) is 44.1 Å². The summed E-state index contributed by atoms with van der Waals surface area (Å²) in [5.41, 5.74) is 12.1. The number of fused-ring (bicyclic) bond motifs is 6. The molecule has 0 N–H and O–H groups in total. The molecule has 0 amide bonds. The second-order valence-electron chi connectivity index (χ2n) is 13.1. The highest BCUT2D eigenvalue weighted by Gasteiger charge is 2.36. The second-order valence-corrected chi connectivity index (χ2v) is 13.1. The lowest BCUT2D eigenvalue weighted by molar-refractivity contribution is 0.383. The van der Waals surface area contributed by atoms with Crippen molar-refractivity contribution in [2.45, 2.75) is 25.4 Å². The monoisotopic (exact) mass is 606 g/mol. The Bertz CT molecular complexity index is 2380. The average Bonchev–Trinajstić information content (AvgIpc) is 3.56. The summed E-state index contributed by atoms with van der Waals surface area (Å²) in [6, 6.07) is 52.1. The van der Waals surface area contributed by atoms with Crippen molar-refractivity contribution in [2.75, 3.05) is 7.05 Å². The molecule has 2 aliphatic rings. The third-order valence-electron chi connectivity index (χ3n) is 10.0. The van der Waals surface area contributed by atoms with Crippen LogP contribution in [0.15, 0.2) is 156 Å². The maximum Gasteiger partial charge on any atom is 0.159 e. The van der Waals surface area contributed by atoms with Crippen LogP contribution in [0.1, 0.15) is 47.8 Å².